The number of nitrogens with one attached hydrogen (secondary N) is 2. The third kappa shape index (κ3) is 4.95. The van der Waals surface area contributed by atoms with Gasteiger partial charge in [0.1, 0.15) is 0 Å². The Labute approximate surface area is 162 Å². The summed E-state index contributed by atoms with van der Waals surface area (Å²) in [5.74, 6) is -0.504. The van der Waals surface area contributed by atoms with Crippen LogP contribution < -0.4 is 10.6 Å². The molecule has 0 radical (unpaired) electrons. The molecule has 2 N–H and O–H groups in total. The van der Waals surface area contributed by atoms with Crippen molar-refractivity contribution in [1.29, 1.82) is 0 Å². The maximum atomic E-state index is 12.5. The summed E-state index contributed by atoms with van der Waals surface area (Å²) >= 11 is 1.61. The molecule has 1 heterocycles. The highest BCUT2D eigenvalue weighted by Crippen LogP contribution is 2.25. The summed E-state index contributed by atoms with van der Waals surface area (Å²) in [7, 11) is 1.34. The van der Waals surface area contributed by atoms with Crippen molar-refractivity contribution in [2.45, 2.75) is 6.04 Å². The lowest BCUT2D eigenvalue weighted by molar-refractivity contribution is -0.119. The number of hydrogen-bond donors (Lipinski definition) is 2. The fraction of sp³-hybridized carbons (Fsp3) is 0.143. The Morgan fingerprint density at radius 3 is 2.37 bits per heavy atom. The summed E-state index contributed by atoms with van der Waals surface area (Å²) in [6, 6.07) is 20.5. The van der Waals surface area contributed by atoms with E-state index in [9.17, 15) is 9.59 Å². The minimum atomic E-state index is -0.388. The van der Waals surface area contributed by atoms with Gasteiger partial charge in [0.15, 0.2) is 0 Å². The molecular formula is C21H20N2O3S. The van der Waals surface area contributed by atoms with Crippen molar-refractivity contribution in [2.75, 3.05) is 19.0 Å². The van der Waals surface area contributed by atoms with Gasteiger partial charge in [-0.15, -0.1) is 11.3 Å². The predicted octanol–water partition coefficient (Wildman–Crippen LogP) is 3.85. The van der Waals surface area contributed by atoms with E-state index in [-0.39, 0.29) is 24.5 Å². The quantitative estimate of drug-likeness (QED) is 0.611. The van der Waals surface area contributed by atoms with Crippen molar-refractivity contribution in [1.82, 2.24) is 5.32 Å². The van der Waals surface area contributed by atoms with Gasteiger partial charge in [0, 0.05) is 10.6 Å². The van der Waals surface area contributed by atoms with E-state index >= 15 is 0 Å². The second-order valence-electron chi connectivity index (χ2n) is 5.85. The average molecular weight is 380 g/mol. The molecule has 0 bridgehead atoms. The summed E-state index contributed by atoms with van der Waals surface area (Å²) in [6.07, 6.45) is 0. The SMILES string of the molecule is COC(=O)c1ccc(NCC(=O)NC(c2ccccc2)c2cccs2)cc1. The molecule has 27 heavy (non-hydrogen) atoms. The van der Waals surface area contributed by atoms with Crippen molar-refractivity contribution in [3.05, 3.63) is 88.1 Å². The van der Waals surface area contributed by atoms with Gasteiger partial charge < -0.3 is 15.4 Å². The minimum absolute atomic E-state index is 0.116. The lowest BCUT2D eigenvalue weighted by atomic mass is 10.1. The van der Waals surface area contributed by atoms with Crippen molar-refractivity contribution >= 4 is 28.9 Å². The number of esters is 1. The van der Waals surface area contributed by atoms with Gasteiger partial charge in [0.2, 0.25) is 5.91 Å². The highest BCUT2D eigenvalue weighted by molar-refractivity contribution is 7.10. The zero-order valence-corrected chi connectivity index (χ0v) is 15.7. The Morgan fingerprint density at radius 2 is 1.74 bits per heavy atom. The van der Waals surface area contributed by atoms with Gasteiger partial charge in [-0.25, -0.2) is 4.79 Å². The van der Waals surface area contributed by atoms with Gasteiger partial charge >= 0.3 is 5.97 Å². The molecular weight excluding hydrogens is 360 g/mol. The van der Waals surface area contributed by atoms with E-state index in [1.165, 1.54) is 7.11 Å². The number of carbonyl (C=O) groups is 2. The van der Waals surface area contributed by atoms with Crippen LogP contribution in [0.4, 0.5) is 5.69 Å². The molecule has 0 aliphatic heterocycles. The Morgan fingerprint density at radius 1 is 1.00 bits per heavy atom. The predicted molar refractivity (Wildman–Crippen MR) is 107 cm³/mol. The first-order valence-electron chi connectivity index (χ1n) is 8.47. The van der Waals surface area contributed by atoms with Crippen LogP contribution in [-0.2, 0) is 9.53 Å². The number of rotatable bonds is 7. The number of benzene rings is 2. The van der Waals surface area contributed by atoms with Gasteiger partial charge in [-0.1, -0.05) is 36.4 Å². The number of hydrogen-bond acceptors (Lipinski definition) is 5. The minimum Gasteiger partial charge on any atom is -0.465 e. The lowest BCUT2D eigenvalue weighted by Gasteiger charge is -2.18. The first-order valence-corrected chi connectivity index (χ1v) is 9.35. The van der Waals surface area contributed by atoms with Crippen LogP contribution in [0.1, 0.15) is 26.8 Å². The molecule has 3 rings (SSSR count). The van der Waals surface area contributed by atoms with Gasteiger partial charge in [0.25, 0.3) is 0 Å². The molecule has 0 fully saturated rings. The maximum Gasteiger partial charge on any atom is 0.337 e. The molecule has 5 nitrogen and oxygen atoms in total. The highest BCUT2D eigenvalue weighted by Gasteiger charge is 2.17. The average Bonchev–Trinajstić information content (AvgIpc) is 3.25. The van der Waals surface area contributed by atoms with Crippen LogP contribution in [0, 0.1) is 0 Å². The van der Waals surface area contributed by atoms with Crippen molar-refractivity contribution < 1.29 is 14.3 Å². The standard InChI is InChI=1S/C21H20N2O3S/c1-26-21(25)16-9-11-17(12-10-16)22-14-19(24)23-20(18-8-5-13-27-18)15-6-3-2-4-7-15/h2-13,20,22H,14H2,1H3,(H,23,24). The fourth-order valence-corrected chi connectivity index (χ4v) is 3.46. The highest BCUT2D eigenvalue weighted by atomic mass is 32.1. The second-order valence-corrected chi connectivity index (χ2v) is 6.83. The first-order chi connectivity index (χ1) is 13.2. The number of methoxy groups -OCH3 is 1. The van der Waals surface area contributed by atoms with E-state index in [1.54, 1.807) is 35.6 Å². The zero-order chi connectivity index (χ0) is 19.1. The molecule has 1 aromatic heterocycles. The van der Waals surface area contributed by atoms with E-state index in [0.717, 1.165) is 16.1 Å². The Hall–Kier alpha value is -3.12. The number of thiophene rings is 1. The zero-order valence-electron chi connectivity index (χ0n) is 14.8. The summed E-state index contributed by atoms with van der Waals surface area (Å²) in [5, 5.41) is 8.15. The molecule has 0 spiro atoms. The fourth-order valence-electron chi connectivity index (χ4n) is 2.66. The van der Waals surface area contributed by atoms with Crippen LogP contribution in [0.5, 0.6) is 0 Å². The van der Waals surface area contributed by atoms with Crippen molar-refractivity contribution in [3.63, 3.8) is 0 Å². The molecule has 0 aliphatic rings. The van der Waals surface area contributed by atoms with Gasteiger partial charge in [-0.05, 0) is 41.3 Å². The molecule has 0 saturated heterocycles. The van der Waals surface area contributed by atoms with Crippen LogP contribution in [0.25, 0.3) is 0 Å². The Bertz CT molecular complexity index is 878. The molecule has 0 saturated carbocycles. The number of amides is 1. The van der Waals surface area contributed by atoms with Crippen LogP contribution in [-0.4, -0.2) is 25.5 Å². The Balaban J connectivity index is 1.62. The molecule has 1 atom stereocenters. The number of ether oxygens (including phenoxy) is 1. The second kappa shape index (κ2) is 9.00. The summed E-state index contributed by atoms with van der Waals surface area (Å²) in [5.41, 5.74) is 2.26. The maximum absolute atomic E-state index is 12.5. The van der Waals surface area contributed by atoms with Gasteiger partial charge in [0.05, 0.1) is 25.3 Å². The molecule has 1 amide bonds. The van der Waals surface area contributed by atoms with E-state index in [1.807, 2.05) is 47.8 Å². The summed E-state index contributed by atoms with van der Waals surface area (Å²) in [4.78, 5) is 25.0. The lowest BCUT2D eigenvalue weighted by Crippen LogP contribution is -2.33. The van der Waals surface area contributed by atoms with Crippen LogP contribution in [0.15, 0.2) is 72.1 Å². The third-order valence-corrected chi connectivity index (χ3v) is 4.96. The molecule has 1 unspecified atom stereocenters. The summed E-state index contributed by atoms with van der Waals surface area (Å²) < 4.78 is 4.67. The van der Waals surface area contributed by atoms with E-state index in [4.69, 9.17) is 0 Å². The monoisotopic (exact) mass is 380 g/mol. The molecule has 0 aliphatic carbocycles. The molecule has 138 valence electrons. The number of anilines is 1. The van der Waals surface area contributed by atoms with Gasteiger partial charge in [-0.2, -0.15) is 0 Å². The first kappa shape index (κ1) is 18.7. The third-order valence-electron chi connectivity index (χ3n) is 4.02. The van der Waals surface area contributed by atoms with Crippen molar-refractivity contribution in [3.8, 4) is 0 Å². The summed E-state index contributed by atoms with van der Waals surface area (Å²) in [6.45, 7) is 0.131. The van der Waals surface area contributed by atoms with E-state index in [0.29, 0.717) is 5.56 Å². The molecule has 3 aromatic rings. The van der Waals surface area contributed by atoms with E-state index < -0.39 is 0 Å². The smallest absolute Gasteiger partial charge is 0.337 e. The normalized spacial score (nSPS) is 11.4. The number of carbonyl (C=O) groups excluding carboxylic acids is 2. The van der Waals surface area contributed by atoms with Crippen LogP contribution in [0.3, 0.4) is 0 Å². The molecule has 6 heteroatoms. The largest absolute Gasteiger partial charge is 0.465 e. The molecule has 2 aromatic carbocycles. The topological polar surface area (TPSA) is 67.4 Å². The van der Waals surface area contributed by atoms with Gasteiger partial charge in [-0.3, -0.25) is 4.79 Å². The van der Waals surface area contributed by atoms with Crippen LogP contribution >= 0.6 is 11.3 Å². The van der Waals surface area contributed by atoms with E-state index in [2.05, 4.69) is 15.4 Å². The van der Waals surface area contributed by atoms with Crippen molar-refractivity contribution in [2.24, 2.45) is 0 Å². The van der Waals surface area contributed by atoms with Crippen LogP contribution in [0.2, 0.25) is 0 Å². The Kier molecular flexibility index (Phi) is 6.22.